The summed E-state index contributed by atoms with van der Waals surface area (Å²) < 4.78 is 0. The molecule has 1 saturated heterocycles. The summed E-state index contributed by atoms with van der Waals surface area (Å²) in [5, 5.41) is 3.35. The van der Waals surface area contributed by atoms with Gasteiger partial charge in [-0.2, -0.15) is 0 Å². The van der Waals surface area contributed by atoms with Crippen LogP contribution in [-0.4, -0.2) is 23.8 Å². The summed E-state index contributed by atoms with van der Waals surface area (Å²) in [6.45, 7) is 9.18. The predicted octanol–water partition coefficient (Wildman–Crippen LogP) is 5.86. The molecule has 4 nitrogen and oxygen atoms in total. The number of fused-ring (bicyclic) bond motifs is 5. The van der Waals surface area contributed by atoms with E-state index >= 15 is 0 Å². The first kappa shape index (κ1) is 22.7. The number of carbonyl (C=O) groups is 2. The number of hydrogen-bond donors (Lipinski definition) is 1. The first-order valence-corrected chi connectivity index (χ1v) is 13.0. The average Bonchev–Trinajstić information content (AvgIpc) is 3.14. The minimum Gasteiger partial charge on any atom is -0.349 e. The van der Waals surface area contributed by atoms with Gasteiger partial charge in [0.05, 0.1) is 6.04 Å². The molecule has 2 unspecified atom stereocenters. The van der Waals surface area contributed by atoms with Gasteiger partial charge in [0.25, 0.3) is 0 Å². The molecule has 1 aliphatic heterocycles. The molecular weight excluding hydrogens is 408 g/mol. The summed E-state index contributed by atoms with van der Waals surface area (Å²) >= 11 is 0. The second kappa shape index (κ2) is 7.99. The molecule has 2 saturated carbocycles. The lowest BCUT2D eigenvalue weighted by atomic mass is 9.48. The number of amides is 2. The lowest BCUT2D eigenvalue weighted by Gasteiger charge is -2.59. The maximum absolute atomic E-state index is 13.5. The molecule has 33 heavy (non-hydrogen) atoms. The van der Waals surface area contributed by atoms with Crippen LogP contribution in [-0.2, 0) is 9.59 Å². The Kier molecular flexibility index (Phi) is 5.49. The van der Waals surface area contributed by atoms with Crippen molar-refractivity contribution in [2.45, 2.75) is 78.7 Å². The monoisotopic (exact) mass is 448 g/mol. The molecule has 0 spiro atoms. The number of piperidine rings is 1. The molecule has 178 valence electrons. The van der Waals surface area contributed by atoms with Crippen LogP contribution in [0.4, 0.5) is 0 Å². The van der Waals surface area contributed by atoms with Gasteiger partial charge in [0.15, 0.2) is 0 Å². The van der Waals surface area contributed by atoms with Crippen LogP contribution in [0.25, 0.3) is 0 Å². The molecule has 1 aromatic carbocycles. The Labute approximate surface area is 199 Å². The number of likely N-dealkylation sites (tertiary alicyclic amines) is 1. The molecule has 4 aliphatic rings. The van der Waals surface area contributed by atoms with Gasteiger partial charge in [-0.15, -0.1) is 0 Å². The Balaban J connectivity index is 1.38. The number of nitrogens with zero attached hydrogens (tertiary/aromatic N) is 1. The Morgan fingerprint density at radius 2 is 1.82 bits per heavy atom. The normalized spacial score (nSPS) is 38.9. The highest BCUT2D eigenvalue weighted by molar-refractivity contribution is 5.81. The highest BCUT2D eigenvalue weighted by Crippen LogP contribution is 2.66. The lowest BCUT2D eigenvalue weighted by molar-refractivity contribution is -0.139. The Bertz CT molecular complexity index is 985. The Morgan fingerprint density at radius 3 is 2.55 bits per heavy atom. The smallest absolute Gasteiger partial charge is 0.226 e. The Hall–Kier alpha value is -2.10. The second-order valence-electron chi connectivity index (χ2n) is 11.9. The van der Waals surface area contributed by atoms with E-state index in [-0.39, 0.29) is 34.6 Å². The van der Waals surface area contributed by atoms with Gasteiger partial charge in [-0.25, -0.2) is 0 Å². The lowest BCUT2D eigenvalue weighted by Crippen LogP contribution is -2.55. The van der Waals surface area contributed by atoms with Crippen LogP contribution < -0.4 is 5.32 Å². The van der Waals surface area contributed by atoms with Crippen molar-refractivity contribution >= 4 is 11.8 Å². The summed E-state index contributed by atoms with van der Waals surface area (Å²) in [5.74, 6) is 2.45. The molecule has 1 N–H and O–H groups in total. The average molecular weight is 449 g/mol. The summed E-state index contributed by atoms with van der Waals surface area (Å²) in [5.41, 5.74) is 4.06. The number of carbonyl (C=O) groups excluding carboxylic acids is 2. The summed E-state index contributed by atoms with van der Waals surface area (Å²) in [6, 6.07) is 10.3. The van der Waals surface area contributed by atoms with E-state index in [2.05, 4.69) is 45.1 Å². The summed E-state index contributed by atoms with van der Waals surface area (Å²) in [7, 11) is 1.98. The van der Waals surface area contributed by atoms with Crippen LogP contribution in [0.15, 0.2) is 41.6 Å². The third kappa shape index (κ3) is 3.39. The number of benzene rings is 1. The standard InChI is InChI=1S/C29H40N2O2/c1-18-17-21-22-11-12-24(27(33)30-19(2)20-9-7-6-8-10-20)28(22,3)15-13-23(21)29(4)16-14-25(32)31(5)26(18)29/h6-10,19,21-24H,11-17H2,1-5H3,(H,30,33)/t19?,21-,22-,23+,24?,28-,29+/m0/s1. The van der Waals surface area contributed by atoms with Crippen LogP contribution in [0.3, 0.4) is 0 Å². The fourth-order valence-corrected chi connectivity index (χ4v) is 8.68. The first-order valence-electron chi connectivity index (χ1n) is 13.0. The maximum Gasteiger partial charge on any atom is 0.226 e. The van der Waals surface area contributed by atoms with Crippen LogP contribution in [0.1, 0.15) is 84.2 Å². The minimum absolute atomic E-state index is 0.0364. The topological polar surface area (TPSA) is 49.4 Å². The van der Waals surface area contributed by atoms with Gasteiger partial charge in [-0.1, -0.05) is 49.8 Å². The van der Waals surface area contributed by atoms with Crippen molar-refractivity contribution < 1.29 is 9.59 Å². The number of allylic oxidation sites excluding steroid dienone is 2. The van der Waals surface area contributed by atoms with E-state index in [1.165, 1.54) is 23.3 Å². The first-order chi connectivity index (χ1) is 15.7. The molecule has 5 rings (SSSR count). The maximum atomic E-state index is 13.5. The van der Waals surface area contributed by atoms with Crippen LogP contribution in [0.5, 0.6) is 0 Å². The zero-order valence-electron chi connectivity index (χ0n) is 21.0. The van der Waals surface area contributed by atoms with E-state index in [4.69, 9.17) is 0 Å². The van der Waals surface area contributed by atoms with Crippen LogP contribution in [0, 0.1) is 34.5 Å². The zero-order valence-corrected chi connectivity index (χ0v) is 21.0. The van der Waals surface area contributed by atoms with Gasteiger partial charge in [0, 0.05) is 30.5 Å². The molecule has 4 heteroatoms. The Morgan fingerprint density at radius 1 is 1.09 bits per heavy atom. The van der Waals surface area contributed by atoms with Crippen molar-refractivity contribution in [1.82, 2.24) is 10.2 Å². The number of rotatable bonds is 3. The van der Waals surface area contributed by atoms with Crippen LogP contribution in [0.2, 0.25) is 0 Å². The van der Waals surface area contributed by atoms with E-state index in [0.29, 0.717) is 24.2 Å². The fourth-order valence-electron chi connectivity index (χ4n) is 8.68. The molecule has 3 aliphatic carbocycles. The summed E-state index contributed by atoms with van der Waals surface area (Å²) in [4.78, 5) is 28.0. The van der Waals surface area contributed by atoms with E-state index in [9.17, 15) is 9.59 Å². The highest BCUT2D eigenvalue weighted by atomic mass is 16.2. The molecule has 0 aromatic heterocycles. The molecule has 3 fully saturated rings. The van der Waals surface area contributed by atoms with Crippen molar-refractivity contribution in [2.24, 2.45) is 34.5 Å². The quantitative estimate of drug-likeness (QED) is 0.630. The van der Waals surface area contributed by atoms with Crippen molar-refractivity contribution in [3.8, 4) is 0 Å². The largest absolute Gasteiger partial charge is 0.349 e. The second-order valence-corrected chi connectivity index (χ2v) is 11.9. The van der Waals surface area contributed by atoms with Crippen molar-refractivity contribution in [1.29, 1.82) is 0 Å². The van der Waals surface area contributed by atoms with Crippen molar-refractivity contribution in [3.63, 3.8) is 0 Å². The predicted molar refractivity (Wildman–Crippen MR) is 131 cm³/mol. The van der Waals surface area contributed by atoms with E-state index in [0.717, 1.165) is 32.1 Å². The molecular formula is C29H40N2O2. The fraction of sp³-hybridized carbons (Fsp3) is 0.655. The van der Waals surface area contributed by atoms with E-state index in [1.54, 1.807) is 0 Å². The van der Waals surface area contributed by atoms with Gasteiger partial charge in [0.1, 0.15) is 0 Å². The van der Waals surface area contributed by atoms with Gasteiger partial charge >= 0.3 is 0 Å². The molecule has 7 atom stereocenters. The molecule has 2 amide bonds. The SMILES string of the molecule is CC1=C2N(C)C(=O)CC[C@]2(C)[C@@H]2CC[C@]3(C)C(C(=O)NC(C)c4ccccc4)CC[C@H]3[C@@H]2C1. The van der Waals surface area contributed by atoms with Gasteiger partial charge in [-0.3, -0.25) is 9.59 Å². The zero-order chi connectivity index (χ0) is 23.5. The van der Waals surface area contributed by atoms with E-state index in [1.807, 2.05) is 30.1 Å². The number of nitrogens with one attached hydrogen (secondary N) is 1. The van der Waals surface area contributed by atoms with E-state index < -0.39 is 0 Å². The van der Waals surface area contributed by atoms with Crippen LogP contribution >= 0.6 is 0 Å². The number of hydrogen-bond acceptors (Lipinski definition) is 2. The van der Waals surface area contributed by atoms with Gasteiger partial charge < -0.3 is 10.2 Å². The highest BCUT2D eigenvalue weighted by Gasteiger charge is 2.61. The molecule has 0 radical (unpaired) electrons. The summed E-state index contributed by atoms with van der Waals surface area (Å²) in [6.07, 6.45) is 7.18. The van der Waals surface area contributed by atoms with Gasteiger partial charge in [0.2, 0.25) is 11.8 Å². The third-order valence-corrected chi connectivity index (χ3v) is 10.3. The third-order valence-electron chi connectivity index (χ3n) is 10.3. The molecule has 1 aromatic rings. The molecule has 0 bridgehead atoms. The van der Waals surface area contributed by atoms with Crippen molar-refractivity contribution in [3.05, 3.63) is 47.2 Å². The van der Waals surface area contributed by atoms with Crippen molar-refractivity contribution in [2.75, 3.05) is 7.05 Å². The molecule has 1 heterocycles. The van der Waals surface area contributed by atoms with Gasteiger partial charge in [-0.05, 0) is 81.1 Å². The minimum atomic E-state index is 0.0364.